The third kappa shape index (κ3) is 3.54. The van der Waals surface area contributed by atoms with E-state index in [0.717, 1.165) is 5.56 Å². The van der Waals surface area contributed by atoms with Crippen LogP contribution in [0.3, 0.4) is 0 Å². The molecule has 0 saturated carbocycles. The molecule has 0 aliphatic rings. The van der Waals surface area contributed by atoms with Gasteiger partial charge in [0.25, 0.3) is 0 Å². The topological polar surface area (TPSA) is 86.5 Å². The lowest BCUT2D eigenvalue weighted by molar-refractivity contribution is 0.163. The number of carbonyl (C=O) groups excluding carboxylic acids is 1. The largest absolute Gasteiger partial charge is 0.449 e. The summed E-state index contributed by atoms with van der Waals surface area (Å²) in [5.41, 5.74) is 5.70. The summed E-state index contributed by atoms with van der Waals surface area (Å²) >= 11 is 0. The van der Waals surface area contributed by atoms with Crippen LogP contribution in [-0.2, 0) is 14.6 Å². The summed E-state index contributed by atoms with van der Waals surface area (Å²) < 4.78 is 27.8. The van der Waals surface area contributed by atoms with E-state index < -0.39 is 15.9 Å². The summed E-state index contributed by atoms with van der Waals surface area (Å²) in [7, 11) is -3.41. The average molecular weight is 243 g/mol. The van der Waals surface area contributed by atoms with Crippen LogP contribution < -0.4 is 5.73 Å². The van der Waals surface area contributed by atoms with Crippen LogP contribution >= 0.6 is 0 Å². The maximum atomic E-state index is 11.7. The molecule has 0 aliphatic heterocycles. The van der Waals surface area contributed by atoms with Crippen molar-refractivity contribution in [1.82, 2.24) is 0 Å². The molecule has 5 nitrogen and oxygen atoms in total. The lowest BCUT2D eigenvalue weighted by Gasteiger charge is -2.04. The second-order valence-corrected chi connectivity index (χ2v) is 5.41. The number of primary amides is 1. The van der Waals surface area contributed by atoms with Gasteiger partial charge >= 0.3 is 6.09 Å². The minimum atomic E-state index is -3.41. The van der Waals surface area contributed by atoms with E-state index >= 15 is 0 Å². The zero-order valence-electron chi connectivity index (χ0n) is 8.84. The van der Waals surface area contributed by atoms with Gasteiger partial charge < -0.3 is 10.5 Å². The van der Waals surface area contributed by atoms with Gasteiger partial charge in [-0.15, -0.1) is 0 Å². The van der Waals surface area contributed by atoms with Gasteiger partial charge in [0.1, 0.15) is 6.61 Å². The van der Waals surface area contributed by atoms with Crippen molar-refractivity contribution in [3.05, 3.63) is 29.8 Å². The van der Waals surface area contributed by atoms with Gasteiger partial charge in [-0.2, -0.15) is 0 Å². The van der Waals surface area contributed by atoms with Gasteiger partial charge in [0.2, 0.25) is 0 Å². The molecule has 0 saturated heterocycles. The number of carbonyl (C=O) groups is 1. The molecule has 0 radical (unpaired) electrons. The smallest absolute Gasteiger partial charge is 0.404 e. The Balaban J connectivity index is 2.71. The van der Waals surface area contributed by atoms with Crippen LogP contribution in [0.25, 0.3) is 0 Å². The summed E-state index contributed by atoms with van der Waals surface area (Å²) in [4.78, 5) is 10.5. The molecule has 6 heteroatoms. The fourth-order valence-electron chi connectivity index (χ4n) is 1.12. The minimum Gasteiger partial charge on any atom is -0.449 e. The molecule has 88 valence electrons. The van der Waals surface area contributed by atoms with Crippen LogP contribution in [0.5, 0.6) is 0 Å². The van der Waals surface area contributed by atoms with Gasteiger partial charge in [0, 0.05) is 0 Å². The first-order valence-corrected chi connectivity index (χ1v) is 6.29. The van der Waals surface area contributed by atoms with E-state index in [9.17, 15) is 13.2 Å². The van der Waals surface area contributed by atoms with Crippen molar-refractivity contribution in [3.8, 4) is 0 Å². The van der Waals surface area contributed by atoms with Gasteiger partial charge in [0.15, 0.2) is 9.84 Å². The van der Waals surface area contributed by atoms with Crippen molar-refractivity contribution in [3.63, 3.8) is 0 Å². The number of aryl methyl sites for hydroxylation is 1. The third-order valence-corrected chi connectivity index (χ3v) is 3.67. The van der Waals surface area contributed by atoms with E-state index in [2.05, 4.69) is 4.74 Å². The fourth-order valence-corrected chi connectivity index (χ4v) is 2.20. The summed E-state index contributed by atoms with van der Waals surface area (Å²) in [6.45, 7) is 1.64. The Morgan fingerprint density at radius 3 is 2.38 bits per heavy atom. The molecule has 0 heterocycles. The Kier molecular flexibility index (Phi) is 3.89. The van der Waals surface area contributed by atoms with Crippen LogP contribution in [0.1, 0.15) is 5.56 Å². The molecule has 2 N–H and O–H groups in total. The SMILES string of the molecule is Cc1ccc(S(=O)(=O)CCOC(N)=O)cc1. The Morgan fingerprint density at radius 1 is 1.31 bits per heavy atom. The molecule has 1 aromatic rings. The van der Waals surface area contributed by atoms with E-state index in [-0.39, 0.29) is 17.3 Å². The predicted molar refractivity (Wildman–Crippen MR) is 58.8 cm³/mol. The molecule has 1 rings (SSSR count). The zero-order chi connectivity index (χ0) is 12.2. The van der Waals surface area contributed by atoms with E-state index in [1.54, 1.807) is 12.1 Å². The number of nitrogens with two attached hydrogens (primary N) is 1. The van der Waals surface area contributed by atoms with Crippen LogP contribution in [-0.4, -0.2) is 26.9 Å². The predicted octanol–water partition coefficient (Wildman–Crippen LogP) is 0.864. The van der Waals surface area contributed by atoms with Gasteiger partial charge in [0.05, 0.1) is 10.6 Å². The molecule has 0 unspecified atom stereocenters. The van der Waals surface area contributed by atoms with Gasteiger partial charge in [-0.1, -0.05) is 17.7 Å². The van der Waals surface area contributed by atoms with Crippen LogP contribution in [0.2, 0.25) is 0 Å². The molecule has 0 fully saturated rings. The summed E-state index contributed by atoms with van der Waals surface area (Å²) in [5.74, 6) is -0.265. The van der Waals surface area contributed by atoms with E-state index in [1.807, 2.05) is 6.92 Å². The lowest BCUT2D eigenvalue weighted by Crippen LogP contribution is -2.19. The third-order valence-electron chi connectivity index (χ3n) is 1.98. The second kappa shape index (κ2) is 4.98. The highest BCUT2D eigenvalue weighted by atomic mass is 32.2. The van der Waals surface area contributed by atoms with Crippen LogP contribution in [0.4, 0.5) is 4.79 Å². The number of hydrogen-bond donors (Lipinski definition) is 1. The lowest BCUT2D eigenvalue weighted by atomic mass is 10.2. The van der Waals surface area contributed by atoms with Crippen molar-refractivity contribution in [2.45, 2.75) is 11.8 Å². The second-order valence-electron chi connectivity index (χ2n) is 3.30. The first-order valence-electron chi connectivity index (χ1n) is 4.63. The molecule has 0 bridgehead atoms. The standard InChI is InChI=1S/C10H13NO4S/c1-8-2-4-9(5-3-8)16(13,14)7-6-15-10(11)12/h2-5H,6-7H2,1H3,(H2,11,12). The highest BCUT2D eigenvalue weighted by Gasteiger charge is 2.14. The number of benzene rings is 1. The van der Waals surface area contributed by atoms with Crippen LogP contribution in [0, 0.1) is 6.92 Å². The Bertz CT molecular complexity index is 464. The Labute approximate surface area is 94.1 Å². The maximum absolute atomic E-state index is 11.7. The molecule has 0 aromatic heterocycles. The molecule has 0 aliphatic carbocycles. The van der Waals surface area contributed by atoms with Crippen molar-refractivity contribution in [2.75, 3.05) is 12.4 Å². The summed E-state index contributed by atoms with van der Waals surface area (Å²) in [5, 5.41) is 0. The molecule has 0 spiro atoms. The normalized spacial score (nSPS) is 11.1. The van der Waals surface area contributed by atoms with Crippen molar-refractivity contribution in [1.29, 1.82) is 0 Å². The number of amides is 1. The molecular weight excluding hydrogens is 230 g/mol. The Morgan fingerprint density at radius 2 is 1.88 bits per heavy atom. The molecule has 16 heavy (non-hydrogen) atoms. The van der Waals surface area contributed by atoms with E-state index in [4.69, 9.17) is 5.73 Å². The molecular formula is C10H13NO4S. The molecule has 1 amide bonds. The molecule has 1 aromatic carbocycles. The van der Waals surface area contributed by atoms with E-state index in [1.165, 1.54) is 12.1 Å². The van der Waals surface area contributed by atoms with Gasteiger partial charge in [-0.3, -0.25) is 0 Å². The minimum absolute atomic E-state index is 0.214. The van der Waals surface area contributed by atoms with Crippen molar-refractivity contribution in [2.24, 2.45) is 5.73 Å². The van der Waals surface area contributed by atoms with Crippen molar-refractivity contribution < 1.29 is 17.9 Å². The number of hydrogen-bond acceptors (Lipinski definition) is 4. The van der Waals surface area contributed by atoms with Crippen LogP contribution in [0.15, 0.2) is 29.2 Å². The number of rotatable bonds is 4. The first-order chi connectivity index (χ1) is 7.42. The fraction of sp³-hybridized carbons (Fsp3) is 0.300. The first kappa shape index (κ1) is 12.5. The zero-order valence-corrected chi connectivity index (χ0v) is 9.66. The van der Waals surface area contributed by atoms with E-state index in [0.29, 0.717) is 0 Å². The number of sulfone groups is 1. The van der Waals surface area contributed by atoms with Gasteiger partial charge in [-0.05, 0) is 19.1 Å². The Hall–Kier alpha value is -1.56. The summed E-state index contributed by atoms with van der Waals surface area (Å²) in [6.07, 6.45) is -0.973. The monoisotopic (exact) mass is 243 g/mol. The van der Waals surface area contributed by atoms with Crippen molar-refractivity contribution >= 4 is 15.9 Å². The molecule has 0 atom stereocenters. The van der Waals surface area contributed by atoms with Gasteiger partial charge in [-0.25, -0.2) is 13.2 Å². The average Bonchev–Trinajstić information content (AvgIpc) is 2.17. The summed E-state index contributed by atoms with van der Waals surface area (Å²) in [6, 6.07) is 6.47. The maximum Gasteiger partial charge on any atom is 0.404 e. The quantitative estimate of drug-likeness (QED) is 0.849. The number of ether oxygens (including phenoxy) is 1. The highest BCUT2D eigenvalue weighted by molar-refractivity contribution is 7.91. The highest BCUT2D eigenvalue weighted by Crippen LogP contribution is 2.11.